The molecule has 0 aromatic carbocycles. The molecule has 0 amide bonds. The summed E-state index contributed by atoms with van der Waals surface area (Å²) in [6, 6.07) is 0. The Balaban J connectivity index is 0.00000522. The third-order valence-corrected chi connectivity index (χ3v) is 7.72. The van der Waals surface area contributed by atoms with Crippen LogP contribution in [0, 0.1) is 0 Å². The highest BCUT2D eigenvalue weighted by molar-refractivity contribution is 5.85. The fraction of sp³-hybridized carbons (Fsp3) is 0.842. The van der Waals surface area contributed by atoms with Gasteiger partial charge < -0.3 is 9.47 Å². The highest BCUT2D eigenvalue weighted by atomic mass is 16.6. The van der Waals surface area contributed by atoms with Crippen molar-refractivity contribution >= 4 is 11.9 Å². The number of esters is 2. The van der Waals surface area contributed by atoms with Crippen LogP contribution in [0.25, 0.3) is 0 Å². The molecule has 0 saturated carbocycles. The molecule has 0 aliphatic carbocycles. The Labute approximate surface area is 261 Å². The first kappa shape index (κ1) is 40.6. The van der Waals surface area contributed by atoms with Crippen molar-refractivity contribution in [3.63, 3.8) is 0 Å². The van der Waals surface area contributed by atoms with Gasteiger partial charge in [0.25, 0.3) is 0 Å². The smallest absolute Gasteiger partial charge is 0.313 e. The lowest BCUT2D eigenvalue weighted by atomic mass is 10.1. The SMILES string of the molecule is C1CO1.CCCCCCCC/C=C\CCCCCCCC(=O)OC(=O)CCCCCCC/C=C\CCCCCCCC. The number of ether oxygens (including phenoxy) is 2. The standard InChI is InChI=1S/C36H66O3.C2H4O/c1-3-5-7-9-11-13-15-17-19-21-23-25-27-29-31-33-35(37)39-36(38)34-32-30-28-26-24-22-20-18-16-14-12-10-8-6-4-2;1-2-3-1/h17-20H,3-16,21-34H2,1-2H3;1-2H2/b19-17-,20-18-;. The van der Waals surface area contributed by atoms with Crippen molar-refractivity contribution in [3.8, 4) is 0 Å². The molecule has 4 heteroatoms. The number of allylic oxidation sites excluding steroid dienone is 4. The Morgan fingerprint density at radius 2 is 0.714 bits per heavy atom. The number of rotatable bonds is 30. The summed E-state index contributed by atoms with van der Waals surface area (Å²) in [4.78, 5) is 23.8. The predicted molar refractivity (Wildman–Crippen MR) is 181 cm³/mol. The minimum atomic E-state index is -0.342. The third kappa shape index (κ3) is 38.6. The molecular weight excluding hydrogens is 520 g/mol. The van der Waals surface area contributed by atoms with Gasteiger partial charge in [0.15, 0.2) is 0 Å². The lowest BCUT2D eigenvalue weighted by molar-refractivity contribution is -0.159. The van der Waals surface area contributed by atoms with E-state index in [0.717, 1.165) is 51.7 Å². The zero-order valence-corrected chi connectivity index (χ0v) is 28.2. The topological polar surface area (TPSA) is 55.9 Å². The van der Waals surface area contributed by atoms with E-state index in [-0.39, 0.29) is 11.9 Å². The molecule has 1 rings (SSSR count). The Hall–Kier alpha value is -1.42. The van der Waals surface area contributed by atoms with Gasteiger partial charge in [0.2, 0.25) is 0 Å². The molecule has 0 unspecified atom stereocenters. The molecular formula is C38H70O4. The second-order valence-electron chi connectivity index (χ2n) is 12.1. The van der Waals surface area contributed by atoms with Crippen LogP contribution in [-0.2, 0) is 19.1 Å². The first-order valence-electron chi connectivity index (χ1n) is 18.3. The average molecular weight is 591 g/mol. The maximum atomic E-state index is 11.9. The first-order chi connectivity index (χ1) is 20.7. The zero-order valence-electron chi connectivity index (χ0n) is 28.2. The van der Waals surface area contributed by atoms with Gasteiger partial charge in [0.05, 0.1) is 13.2 Å². The van der Waals surface area contributed by atoms with E-state index >= 15 is 0 Å². The van der Waals surface area contributed by atoms with Crippen molar-refractivity contribution in [3.05, 3.63) is 24.3 Å². The van der Waals surface area contributed by atoms with Crippen molar-refractivity contribution < 1.29 is 19.1 Å². The van der Waals surface area contributed by atoms with E-state index < -0.39 is 0 Å². The summed E-state index contributed by atoms with van der Waals surface area (Å²) in [6.07, 6.45) is 42.2. The molecule has 0 aromatic heterocycles. The van der Waals surface area contributed by atoms with Crippen molar-refractivity contribution in [1.82, 2.24) is 0 Å². The number of carbonyl (C=O) groups is 2. The number of hydrogen-bond donors (Lipinski definition) is 0. The van der Waals surface area contributed by atoms with E-state index in [0.29, 0.717) is 12.8 Å². The predicted octanol–water partition coefficient (Wildman–Crippen LogP) is 12.1. The van der Waals surface area contributed by atoms with E-state index in [1.54, 1.807) is 0 Å². The van der Waals surface area contributed by atoms with Gasteiger partial charge in [0.1, 0.15) is 0 Å². The van der Waals surface area contributed by atoms with Gasteiger partial charge in [-0.1, -0.05) is 141 Å². The maximum absolute atomic E-state index is 11.9. The van der Waals surface area contributed by atoms with Crippen LogP contribution in [0.3, 0.4) is 0 Å². The quantitative estimate of drug-likeness (QED) is 0.0274. The fourth-order valence-corrected chi connectivity index (χ4v) is 4.91. The summed E-state index contributed by atoms with van der Waals surface area (Å²) in [5.74, 6) is -0.684. The Morgan fingerprint density at radius 3 is 1.00 bits per heavy atom. The van der Waals surface area contributed by atoms with Crippen molar-refractivity contribution in [1.29, 1.82) is 0 Å². The molecule has 1 aliphatic heterocycles. The average Bonchev–Trinajstić information content (AvgIpc) is 3.87. The van der Waals surface area contributed by atoms with Crippen LogP contribution in [0.1, 0.15) is 194 Å². The van der Waals surface area contributed by atoms with E-state index in [1.807, 2.05) is 0 Å². The van der Waals surface area contributed by atoms with Gasteiger partial charge in [-0.2, -0.15) is 0 Å². The summed E-state index contributed by atoms with van der Waals surface area (Å²) >= 11 is 0. The van der Waals surface area contributed by atoms with Crippen molar-refractivity contribution in [2.24, 2.45) is 0 Å². The van der Waals surface area contributed by atoms with Gasteiger partial charge in [-0.05, 0) is 64.2 Å². The summed E-state index contributed by atoms with van der Waals surface area (Å²) < 4.78 is 9.49. The van der Waals surface area contributed by atoms with Gasteiger partial charge >= 0.3 is 11.9 Å². The maximum Gasteiger partial charge on any atom is 0.313 e. The largest absolute Gasteiger partial charge is 0.393 e. The fourth-order valence-electron chi connectivity index (χ4n) is 4.91. The first-order valence-corrected chi connectivity index (χ1v) is 18.3. The third-order valence-electron chi connectivity index (χ3n) is 7.72. The Kier molecular flexibility index (Phi) is 34.6. The summed E-state index contributed by atoms with van der Waals surface area (Å²) in [5.41, 5.74) is 0. The summed E-state index contributed by atoms with van der Waals surface area (Å²) in [6.45, 7) is 6.53. The highest BCUT2D eigenvalue weighted by Gasteiger charge is 2.09. The minimum Gasteiger partial charge on any atom is -0.393 e. The van der Waals surface area contributed by atoms with Crippen LogP contribution >= 0.6 is 0 Å². The molecule has 0 radical (unpaired) electrons. The van der Waals surface area contributed by atoms with E-state index in [4.69, 9.17) is 4.74 Å². The number of unbranched alkanes of at least 4 members (excludes halogenated alkanes) is 22. The minimum absolute atomic E-state index is 0.342. The molecule has 1 aliphatic rings. The van der Waals surface area contributed by atoms with Crippen LogP contribution < -0.4 is 0 Å². The van der Waals surface area contributed by atoms with Crippen molar-refractivity contribution in [2.45, 2.75) is 194 Å². The second kappa shape index (κ2) is 35.8. The monoisotopic (exact) mass is 591 g/mol. The van der Waals surface area contributed by atoms with Crippen molar-refractivity contribution in [2.75, 3.05) is 13.2 Å². The van der Waals surface area contributed by atoms with E-state index in [1.165, 1.54) is 128 Å². The Morgan fingerprint density at radius 1 is 0.452 bits per heavy atom. The lowest BCUT2D eigenvalue weighted by Gasteiger charge is -2.04. The van der Waals surface area contributed by atoms with E-state index in [2.05, 4.69) is 42.9 Å². The molecule has 42 heavy (non-hydrogen) atoms. The van der Waals surface area contributed by atoms with Crippen LogP contribution in [0.5, 0.6) is 0 Å². The molecule has 4 nitrogen and oxygen atoms in total. The normalized spacial score (nSPS) is 12.5. The highest BCUT2D eigenvalue weighted by Crippen LogP contribution is 2.12. The number of hydrogen-bond acceptors (Lipinski definition) is 4. The molecule has 0 N–H and O–H groups in total. The van der Waals surface area contributed by atoms with Crippen LogP contribution in [0.2, 0.25) is 0 Å². The zero-order chi connectivity index (χ0) is 30.6. The van der Waals surface area contributed by atoms with Gasteiger partial charge in [-0.25, -0.2) is 0 Å². The van der Waals surface area contributed by atoms with Crippen LogP contribution in [0.15, 0.2) is 24.3 Å². The van der Waals surface area contributed by atoms with E-state index in [9.17, 15) is 9.59 Å². The van der Waals surface area contributed by atoms with Crippen LogP contribution in [-0.4, -0.2) is 25.2 Å². The molecule has 1 heterocycles. The molecule has 1 saturated heterocycles. The summed E-state index contributed by atoms with van der Waals surface area (Å²) in [7, 11) is 0. The molecule has 0 aromatic rings. The molecule has 0 atom stereocenters. The Bertz CT molecular complexity index is 570. The van der Waals surface area contributed by atoms with Gasteiger partial charge in [-0.3, -0.25) is 9.59 Å². The summed E-state index contributed by atoms with van der Waals surface area (Å²) in [5, 5.41) is 0. The van der Waals surface area contributed by atoms with Crippen LogP contribution in [0.4, 0.5) is 0 Å². The lowest BCUT2D eigenvalue weighted by Crippen LogP contribution is -2.11. The van der Waals surface area contributed by atoms with Gasteiger partial charge in [0, 0.05) is 12.8 Å². The molecule has 0 bridgehead atoms. The molecule has 1 fully saturated rings. The number of carbonyl (C=O) groups excluding carboxylic acids is 2. The van der Waals surface area contributed by atoms with Gasteiger partial charge in [-0.15, -0.1) is 0 Å². The number of epoxide rings is 1. The molecule has 246 valence electrons. The second-order valence-corrected chi connectivity index (χ2v) is 12.1. The molecule has 0 spiro atoms.